The molecule has 0 atom stereocenters. The molecule has 0 spiro atoms. The van der Waals surface area contributed by atoms with Crippen LogP contribution in [0.2, 0.25) is 0 Å². The molecule has 150 valence electrons. The van der Waals surface area contributed by atoms with E-state index in [1.54, 1.807) is 24.1 Å². The van der Waals surface area contributed by atoms with E-state index in [0.29, 0.717) is 29.1 Å². The molecule has 29 heavy (non-hydrogen) atoms. The maximum atomic E-state index is 12.8. The van der Waals surface area contributed by atoms with E-state index < -0.39 is 0 Å². The quantitative estimate of drug-likeness (QED) is 0.309. The van der Waals surface area contributed by atoms with E-state index in [9.17, 15) is 4.79 Å². The Kier molecular flexibility index (Phi) is 6.25. The highest BCUT2D eigenvalue weighted by molar-refractivity contribution is 7.97. The molecule has 4 rings (SSSR count). The lowest BCUT2D eigenvalue weighted by atomic mass is 9.98. The molecule has 0 radical (unpaired) electrons. The van der Waals surface area contributed by atoms with Crippen LogP contribution in [0, 0.1) is 0 Å². The van der Waals surface area contributed by atoms with Gasteiger partial charge in [0.15, 0.2) is 5.43 Å². The third-order valence-electron chi connectivity index (χ3n) is 4.98. The zero-order chi connectivity index (χ0) is 20.1. The summed E-state index contributed by atoms with van der Waals surface area (Å²) in [7, 11) is 0. The van der Waals surface area contributed by atoms with Crippen molar-refractivity contribution in [2.75, 3.05) is 12.9 Å². The predicted octanol–water partition coefficient (Wildman–Crippen LogP) is 6.19. The minimum absolute atomic E-state index is 0.0285. The van der Waals surface area contributed by atoms with Gasteiger partial charge in [-0.05, 0) is 55.7 Å². The van der Waals surface area contributed by atoms with Crippen molar-refractivity contribution in [3.8, 4) is 5.75 Å². The first kappa shape index (κ1) is 19.6. The normalized spacial score (nSPS) is 11.3. The summed E-state index contributed by atoms with van der Waals surface area (Å²) in [4.78, 5) is 12.8. The van der Waals surface area contributed by atoms with Crippen LogP contribution in [0.3, 0.4) is 0 Å². The minimum atomic E-state index is 0.0285. The van der Waals surface area contributed by atoms with Crippen LogP contribution >= 0.6 is 11.8 Å². The number of para-hydroxylation sites is 1. The van der Waals surface area contributed by atoms with Gasteiger partial charge in [0, 0.05) is 17.5 Å². The standard InChI is InChI=1S/C24H24O4S/c1-29-16-18-14-21(25)24-20(19-11-13-27-22(19)15-23(24)28-18)10-6-3-7-12-26-17-8-4-2-5-9-17/h2,4-5,8-9,11,13-15H,3,6-7,10,12,16H2,1H3. The van der Waals surface area contributed by atoms with Crippen LogP contribution in [-0.2, 0) is 12.2 Å². The van der Waals surface area contributed by atoms with Crippen LogP contribution in [0.1, 0.15) is 30.6 Å². The highest BCUT2D eigenvalue weighted by Crippen LogP contribution is 2.30. The van der Waals surface area contributed by atoms with Crippen molar-refractivity contribution >= 4 is 33.7 Å². The fraction of sp³-hybridized carbons (Fsp3) is 0.292. The first-order valence-electron chi connectivity index (χ1n) is 9.89. The summed E-state index contributed by atoms with van der Waals surface area (Å²) in [5, 5.41) is 1.69. The second-order valence-electron chi connectivity index (χ2n) is 7.04. The molecule has 0 N–H and O–H groups in total. The summed E-state index contributed by atoms with van der Waals surface area (Å²) < 4.78 is 17.4. The zero-order valence-corrected chi connectivity index (χ0v) is 17.3. The molecular formula is C24H24O4S. The maximum absolute atomic E-state index is 12.8. The first-order chi connectivity index (χ1) is 14.3. The molecule has 2 aromatic carbocycles. The number of aryl methyl sites for hydroxylation is 1. The lowest BCUT2D eigenvalue weighted by Gasteiger charge is -2.09. The lowest BCUT2D eigenvalue weighted by Crippen LogP contribution is -2.06. The Morgan fingerprint density at radius 3 is 2.69 bits per heavy atom. The average molecular weight is 409 g/mol. The Hall–Kier alpha value is -2.66. The molecule has 4 nitrogen and oxygen atoms in total. The molecule has 0 unspecified atom stereocenters. The van der Waals surface area contributed by atoms with Crippen molar-refractivity contribution in [2.45, 2.75) is 31.4 Å². The van der Waals surface area contributed by atoms with Gasteiger partial charge in [0.05, 0.1) is 24.0 Å². The number of thioether (sulfide) groups is 1. The number of unbranched alkanes of at least 4 members (excludes halogenated alkanes) is 2. The van der Waals surface area contributed by atoms with Gasteiger partial charge in [0.2, 0.25) is 0 Å². The molecule has 5 heteroatoms. The van der Waals surface area contributed by atoms with Gasteiger partial charge in [-0.15, -0.1) is 0 Å². The molecular weight excluding hydrogens is 384 g/mol. The van der Waals surface area contributed by atoms with E-state index in [2.05, 4.69) is 0 Å². The molecule has 2 heterocycles. The van der Waals surface area contributed by atoms with Gasteiger partial charge < -0.3 is 13.6 Å². The largest absolute Gasteiger partial charge is 0.494 e. The van der Waals surface area contributed by atoms with Crippen LogP contribution < -0.4 is 10.2 Å². The third kappa shape index (κ3) is 4.51. The van der Waals surface area contributed by atoms with Gasteiger partial charge in [0.1, 0.15) is 22.7 Å². The molecule has 4 aromatic rings. The molecule has 2 aromatic heterocycles. The van der Waals surface area contributed by atoms with Gasteiger partial charge in [-0.25, -0.2) is 0 Å². The summed E-state index contributed by atoms with van der Waals surface area (Å²) >= 11 is 1.63. The van der Waals surface area contributed by atoms with Crippen molar-refractivity contribution in [3.63, 3.8) is 0 Å². The van der Waals surface area contributed by atoms with Gasteiger partial charge in [-0.3, -0.25) is 4.79 Å². The Morgan fingerprint density at radius 1 is 1.00 bits per heavy atom. The Labute approximate surface area is 173 Å². The van der Waals surface area contributed by atoms with E-state index in [4.69, 9.17) is 13.6 Å². The van der Waals surface area contributed by atoms with Crippen molar-refractivity contribution in [2.24, 2.45) is 0 Å². The van der Waals surface area contributed by atoms with Crippen LogP contribution in [-0.4, -0.2) is 12.9 Å². The Balaban J connectivity index is 1.48. The monoisotopic (exact) mass is 408 g/mol. The smallest absolute Gasteiger partial charge is 0.193 e. The molecule has 0 fully saturated rings. The van der Waals surface area contributed by atoms with Crippen molar-refractivity contribution in [1.82, 2.24) is 0 Å². The summed E-state index contributed by atoms with van der Waals surface area (Å²) in [6.45, 7) is 0.695. The van der Waals surface area contributed by atoms with Gasteiger partial charge >= 0.3 is 0 Å². The van der Waals surface area contributed by atoms with Crippen LogP contribution in [0.4, 0.5) is 0 Å². The second-order valence-corrected chi connectivity index (χ2v) is 7.91. The van der Waals surface area contributed by atoms with Crippen LogP contribution in [0.15, 0.2) is 68.4 Å². The average Bonchev–Trinajstić information content (AvgIpc) is 3.19. The Bertz CT molecular complexity index is 1140. The summed E-state index contributed by atoms with van der Waals surface area (Å²) in [6, 6.07) is 15.3. The van der Waals surface area contributed by atoms with E-state index >= 15 is 0 Å². The molecule has 0 bridgehead atoms. The number of hydrogen-bond acceptors (Lipinski definition) is 5. The summed E-state index contributed by atoms with van der Waals surface area (Å²) in [5.74, 6) is 2.28. The molecule has 0 saturated heterocycles. The van der Waals surface area contributed by atoms with Gasteiger partial charge in [-0.1, -0.05) is 18.2 Å². The van der Waals surface area contributed by atoms with Gasteiger partial charge in [-0.2, -0.15) is 11.8 Å². The number of furan rings is 1. The summed E-state index contributed by atoms with van der Waals surface area (Å²) in [5.41, 5.74) is 2.44. The number of benzene rings is 2. The fourth-order valence-corrected chi connectivity index (χ4v) is 4.08. The van der Waals surface area contributed by atoms with Gasteiger partial charge in [0.25, 0.3) is 0 Å². The first-order valence-corrected chi connectivity index (χ1v) is 11.3. The molecule has 0 saturated carbocycles. The molecule has 0 aliphatic heterocycles. The second kappa shape index (κ2) is 9.23. The van der Waals surface area contributed by atoms with E-state index in [1.807, 2.05) is 48.7 Å². The highest BCUT2D eigenvalue weighted by Gasteiger charge is 2.15. The highest BCUT2D eigenvalue weighted by atomic mass is 32.2. The molecule has 0 aliphatic rings. The Morgan fingerprint density at radius 2 is 1.86 bits per heavy atom. The van der Waals surface area contributed by atoms with E-state index in [1.165, 1.54) is 0 Å². The van der Waals surface area contributed by atoms with Crippen molar-refractivity contribution < 1.29 is 13.6 Å². The molecule has 0 aliphatic carbocycles. The zero-order valence-electron chi connectivity index (χ0n) is 16.5. The maximum Gasteiger partial charge on any atom is 0.193 e. The SMILES string of the molecule is CSCc1cc(=O)c2c(CCCCCOc3ccccc3)c3ccoc3cc2o1. The van der Waals surface area contributed by atoms with Crippen LogP contribution in [0.5, 0.6) is 5.75 Å². The topological polar surface area (TPSA) is 52.6 Å². The predicted molar refractivity (Wildman–Crippen MR) is 119 cm³/mol. The number of ether oxygens (including phenoxy) is 1. The van der Waals surface area contributed by atoms with Crippen molar-refractivity contribution in [1.29, 1.82) is 0 Å². The fourth-order valence-electron chi connectivity index (χ4n) is 3.66. The minimum Gasteiger partial charge on any atom is -0.494 e. The molecule has 0 amide bonds. The third-order valence-corrected chi connectivity index (χ3v) is 5.55. The number of fused-ring (bicyclic) bond motifs is 2. The number of hydrogen-bond donors (Lipinski definition) is 0. The van der Waals surface area contributed by atoms with E-state index in [0.717, 1.165) is 48.0 Å². The van der Waals surface area contributed by atoms with E-state index in [-0.39, 0.29) is 5.43 Å². The lowest BCUT2D eigenvalue weighted by molar-refractivity contribution is 0.305. The summed E-state index contributed by atoms with van der Waals surface area (Å²) in [6.07, 6.45) is 7.45. The van der Waals surface area contributed by atoms with Crippen LogP contribution in [0.25, 0.3) is 21.9 Å². The number of rotatable bonds is 9. The van der Waals surface area contributed by atoms with Crippen molar-refractivity contribution in [3.05, 3.63) is 76.3 Å².